The number of ether oxygens (including phenoxy) is 1. The summed E-state index contributed by atoms with van der Waals surface area (Å²) < 4.78 is 18.3. The third-order valence-corrected chi connectivity index (χ3v) is 4.49. The SMILES string of the molecule is CCOC(=O)CN1CCN(c2cc(Nc3ccc(F)c(Cl)c3)ncn2)CC1. The van der Waals surface area contributed by atoms with Gasteiger partial charge in [0.15, 0.2) is 0 Å². The predicted molar refractivity (Wildman–Crippen MR) is 102 cm³/mol. The molecule has 0 spiro atoms. The quantitative estimate of drug-likeness (QED) is 0.756. The number of benzene rings is 1. The average Bonchev–Trinajstić information content (AvgIpc) is 2.66. The average molecular weight is 394 g/mol. The molecule has 0 saturated carbocycles. The number of anilines is 3. The van der Waals surface area contributed by atoms with Crippen molar-refractivity contribution in [3.8, 4) is 0 Å². The van der Waals surface area contributed by atoms with Crippen molar-refractivity contribution in [2.45, 2.75) is 6.92 Å². The van der Waals surface area contributed by atoms with Gasteiger partial charge in [0, 0.05) is 37.9 Å². The molecule has 3 rings (SSSR count). The van der Waals surface area contributed by atoms with Gasteiger partial charge in [-0.2, -0.15) is 0 Å². The van der Waals surface area contributed by atoms with Crippen molar-refractivity contribution in [2.75, 3.05) is 49.5 Å². The second-order valence-corrected chi connectivity index (χ2v) is 6.49. The maximum Gasteiger partial charge on any atom is 0.320 e. The van der Waals surface area contributed by atoms with Crippen molar-refractivity contribution in [1.29, 1.82) is 0 Å². The molecule has 0 aliphatic carbocycles. The van der Waals surface area contributed by atoms with Crippen LogP contribution in [0.1, 0.15) is 6.92 Å². The molecule has 27 heavy (non-hydrogen) atoms. The summed E-state index contributed by atoms with van der Waals surface area (Å²) in [5.41, 5.74) is 0.644. The second-order valence-electron chi connectivity index (χ2n) is 6.08. The molecule has 1 aromatic heterocycles. The number of carbonyl (C=O) groups is 1. The van der Waals surface area contributed by atoms with Gasteiger partial charge in [-0.25, -0.2) is 14.4 Å². The smallest absolute Gasteiger partial charge is 0.320 e. The number of carbonyl (C=O) groups excluding carboxylic acids is 1. The van der Waals surface area contributed by atoms with Gasteiger partial charge in [0.05, 0.1) is 18.2 Å². The molecule has 1 aliphatic heterocycles. The minimum Gasteiger partial charge on any atom is -0.465 e. The van der Waals surface area contributed by atoms with Gasteiger partial charge < -0.3 is 15.0 Å². The van der Waals surface area contributed by atoms with Crippen molar-refractivity contribution < 1.29 is 13.9 Å². The lowest BCUT2D eigenvalue weighted by Gasteiger charge is -2.34. The van der Waals surface area contributed by atoms with Crippen molar-refractivity contribution in [3.63, 3.8) is 0 Å². The Hall–Kier alpha value is -2.45. The molecule has 1 saturated heterocycles. The molecule has 144 valence electrons. The van der Waals surface area contributed by atoms with Gasteiger partial charge in [-0.05, 0) is 25.1 Å². The van der Waals surface area contributed by atoms with Gasteiger partial charge in [0.25, 0.3) is 0 Å². The normalized spacial score (nSPS) is 14.9. The fourth-order valence-electron chi connectivity index (χ4n) is 2.83. The monoisotopic (exact) mass is 393 g/mol. The van der Waals surface area contributed by atoms with E-state index in [2.05, 4.69) is 25.1 Å². The Morgan fingerprint density at radius 1 is 1.26 bits per heavy atom. The molecule has 1 N–H and O–H groups in total. The van der Waals surface area contributed by atoms with Crippen LogP contribution in [0.25, 0.3) is 0 Å². The third kappa shape index (κ3) is 5.27. The van der Waals surface area contributed by atoms with E-state index in [1.807, 2.05) is 6.07 Å². The summed E-state index contributed by atoms with van der Waals surface area (Å²) in [4.78, 5) is 24.3. The molecule has 9 heteroatoms. The van der Waals surface area contributed by atoms with E-state index in [1.54, 1.807) is 13.0 Å². The molecule has 2 heterocycles. The first-order valence-corrected chi connectivity index (χ1v) is 9.10. The van der Waals surface area contributed by atoms with E-state index in [0.717, 1.165) is 32.0 Å². The maximum atomic E-state index is 13.3. The standard InChI is InChI=1S/C18H21ClFN5O2/c1-2-27-18(26)11-24-5-7-25(8-6-24)17-10-16(21-12-22-17)23-13-3-4-15(20)14(19)9-13/h3-4,9-10,12H,2,5-8,11H2,1H3,(H,21,22,23). The zero-order valence-corrected chi connectivity index (χ0v) is 15.7. The number of esters is 1. The molecule has 7 nitrogen and oxygen atoms in total. The number of hydrogen-bond donors (Lipinski definition) is 1. The Balaban J connectivity index is 1.59. The Morgan fingerprint density at radius 3 is 2.74 bits per heavy atom. The van der Waals surface area contributed by atoms with Crippen LogP contribution >= 0.6 is 11.6 Å². The highest BCUT2D eigenvalue weighted by atomic mass is 35.5. The van der Waals surface area contributed by atoms with Crippen LogP contribution in [-0.4, -0.2) is 60.2 Å². The predicted octanol–water partition coefficient (Wildman–Crippen LogP) is 2.70. The molecule has 0 radical (unpaired) electrons. The Bertz CT molecular complexity index is 799. The van der Waals surface area contributed by atoms with Crippen LogP contribution in [0.3, 0.4) is 0 Å². The van der Waals surface area contributed by atoms with Gasteiger partial charge in [-0.1, -0.05) is 11.6 Å². The summed E-state index contributed by atoms with van der Waals surface area (Å²) in [5.74, 6) is 0.719. The molecular weight excluding hydrogens is 373 g/mol. The molecule has 1 fully saturated rings. The van der Waals surface area contributed by atoms with E-state index < -0.39 is 5.82 Å². The topological polar surface area (TPSA) is 70.6 Å². The minimum atomic E-state index is -0.466. The van der Waals surface area contributed by atoms with Crippen LogP contribution in [0.5, 0.6) is 0 Å². The van der Waals surface area contributed by atoms with E-state index >= 15 is 0 Å². The van der Waals surface area contributed by atoms with Gasteiger partial charge >= 0.3 is 5.97 Å². The van der Waals surface area contributed by atoms with Crippen molar-refractivity contribution in [2.24, 2.45) is 0 Å². The number of halogens is 2. The van der Waals surface area contributed by atoms with E-state index in [4.69, 9.17) is 16.3 Å². The van der Waals surface area contributed by atoms with Crippen LogP contribution in [0.2, 0.25) is 5.02 Å². The van der Waals surface area contributed by atoms with Crippen LogP contribution in [0, 0.1) is 5.82 Å². The van der Waals surface area contributed by atoms with E-state index in [9.17, 15) is 9.18 Å². The molecule has 0 unspecified atom stereocenters. The van der Waals surface area contributed by atoms with Gasteiger partial charge in [-0.3, -0.25) is 9.69 Å². The van der Waals surface area contributed by atoms with Gasteiger partial charge in [0.1, 0.15) is 23.8 Å². The molecule has 0 amide bonds. The number of rotatable bonds is 6. The second kappa shape index (κ2) is 8.96. The summed E-state index contributed by atoms with van der Waals surface area (Å²) in [5, 5.41) is 3.15. The van der Waals surface area contributed by atoms with Crippen LogP contribution < -0.4 is 10.2 Å². The Kier molecular flexibility index (Phi) is 6.41. The lowest BCUT2D eigenvalue weighted by Crippen LogP contribution is -2.48. The fourth-order valence-corrected chi connectivity index (χ4v) is 3.01. The Morgan fingerprint density at radius 2 is 2.04 bits per heavy atom. The van der Waals surface area contributed by atoms with Crippen molar-refractivity contribution >= 4 is 34.9 Å². The summed E-state index contributed by atoms with van der Waals surface area (Å²) in [7, 11) is 0. The van der Waals surface area contributed by atoms with E-state index in [1.165, 1.54) is 18.5 Å². The number of piperazine rings is 1. The number of nitrogens with zero attached hydrogens (tertiary/aromatic N) is 4. The van der Waals surface area contributed by atoms with Gasteiger partial charge in [0.2, 0.25) is 0 Å². The highest BCUT2D eigenvalue weighted by Gasteiger charge is 2.20. The summed E-state index contributed by atoms with van der Waals surface area (Å²) >= 11 is 5.81. The molecule has 2 aromatic rings. The summed E-state index contributed by atoms with van der Waals surface area (Å²) in [6.07, 6.45) is 1.48. The fraction of sp³-hybridized carbons (Fsp3) is 0.389. The minimum absolute atomic E-state index is 0.0481. The highest BCUT2D eigenvalue weighted by molar-refractivity contribution is 6.31. The first-order chi connectivity index (χ1) is 13.0. The number of hydrogen-bond acceptors (Lipinski definition) is 7. The first-order valence-electron chi connectivity index (χ1n) is 8.72. The lowest BCUT2D eigenvalue weighted by molar-refractivity contribution is -0.144. The largest absolute Gasteiger partial charge is 0.465 e. The van der Waals surface area contributed by atoms with E-state index in [-0.39, 0.29) is 11.0 Å². The van der Waals surface area contributed by atoms with Crippen LogP contribution in [0.15, 0.2) is 30.6 Å². The van der Waals surface area contributed by atoms with Gasteiger partial charge in [-0.15, -0.1) is 0 Å². The molecule has 0 bridgehead atoms. The summed E-state index contributed by atoms with van der Waals surface area (Å²) in [6, 6.07) is 6.23. The van der Waals surface area contributed by atoms with Crippen molar-refractivity contribution in [3.05, 3.63) is 41.4 Å². The molecule has 1 aliphatic rings. The number of aromatic nitrogens is 2. The lowest BCUT2D eigenvalue weighted by atomic mass is 10.3. The van der Waals surface area contributed by atoms with Crippen LogP contribution in [0.4, 0.5) is 21.7 Å². The van der Waals surface area contributed by atoms with E-state index in [0.29, 0.717) is 24.7 Å². The summed E-state index contributed by atoms with van der Waals surface area (Å²) in [6.45, 7) is 5.50. The van der Waals surface area contributed by atoms with Crippen LogP contribution in [-0.2, 0) is 9.53 Å². The zero-order valence-electron chi connectivity index (χ0n) is 15.0. The molecular formula is C18H21ClFN5O2. The highest BCUT2D eigenvalue weighted by Crippen LogP contribution is 2.23. The zero-order chi connectivity index (χ0) is 19.2. The molecule has 0 atom stereocenters. The third-order valence-electron chi connectivity index (χ3n) is 4.20. The number of nitrogens with one attached hydrogen (secondary N) is 1. The van der Waals surface area contributed by atoms with Crippen molar-refractivity contribution in [1.82, 2.24) is 14.9 Å². The Labute approximate surface area is 162 Å². The maximum absolute atomic E-state index is 13.3. The first kappa shape index (κ1) is 19.3. The molecule has 1 aromatic carbocycles.